The Morgan fingerprint density at radius 3 is 1.89 bits per heavy atom. The van der Waals surface area contributed by atoms with Gasteiger partial charge in [0.1, 0.15) is 0 Å². The summed E-state index contributed by atoms with van der Waals surface area (Å²) < 4.78 is 4.11. The summed E-state index contributed by atoms with van der Waals surface area (Å²) >= 11 is 0. The van der Waals surface area contributed by atoms with Crippen LogP contribution in [0.3, 0.4) is 0 Å². The maximum atomic E-state index is 10.8. The van der Waals surface area contributed by atoms with Gasteiger partial charge in [0.05, 0.1) is 5.56 Å². The fraction of sp³-hybridized carbons (Fsp3) is 0. The van der Waals surface area contributed by atoms with Gasteiger partial charge in [-0.15, -0.1) is 0 Å². The summed E-state index contributed by atoms with van der Waals surface area (Å²) in [6, 6.07) is 18.3. The van der Waals surface area contributed by atoms with Crippen molar-refractivity contribution in [1.29, 1.82) is 0 Å². The normalized spacial score (nSPS) is 8.63. The van der Waals surface area contributed by atoms with Crippen molar-refractivity contribution in [3.63, 3.8) is 0 Å². The van der Waals surface area contributed by atoms with Gasteiger partial charge in [-0.1, -0.05) is 61.2 Å². The molecule has 2 aromatic rings. The smallest absolute Gasteiger partial charge is 0.345 e. The average Bonchev–Trinajstić information content (AvgIpc) is 2.50. The lowest BCUT2D eigenvalue weighted by Gasteiger charge is -1.94. The highest BCUT2D eigenvalue weighted by molar-refractivity contribution is 5.92. The van der Waals surface area contributed by atoms with Crippen molar-refractivity contribution in [2.45, 2.75) is 0 Å². The van der Waals surface area contributed by atoms with Gasteiger partial charge >= 0.3 is 12.4 Å². The van der Waals surface area contributed by atoms with Gasteiger partial charge in [-0.25, -0.2) is 4.79 Å². The first kappa shape index (κ1) is 14.4. The lowest BCUT2D eigenvalue weighted by Crippen LogP contribution is -2.02. The molecule has 2 rings (SSSR count). The molecule has 0 aliphatic rings. The predicted octanol–water partition coefficient (Wildman–Crippen LogP) is 3.33. The molecular formula is C16H14O3. The van der Waals surface area contributed by atoms with Crippen molar-refractivity contribution < 1.29 is 14.3 Å². The standard InChI is InChI=1S/C8H6O3.C8H8/c9-6-11-8(10)7-4-2-1-3-5-7;1-2-8-6-4-3-5-7-8/h1-6H;2-7H,1H2. The van der Waals surface area contributed by atoms with Crippen LogP contribution >= 0.6 is 0 Å². The first-order valence-electron chi connectivity index (χ1n) is 5.65. The van der Waals surface area contributed by atoms with E-state index in [9.17, 15) is 9.59 Å². The average molecular weight is 254 g/mol. The van der Waals surface area contributed by atoms with Gasteiger partial charge in [-0.3, -0.25) is 4.79 Å². The van der Waals surface area contributed by atoms with E-state index in [1.165, 1.54) is 5.56 Å². The fourth-order valence-electron chi connectivity index (χ4n) is 1.28. The third-order valence-corrected chi connectivity index (χ3v) is 2.20. The third-order valence-electron chi connectivity index (χ3n) is 2.20. The van der Waals surface area contributed by atoms with E-state index in [-0.39, 0.29) is 6.47 Å². The summed E-state index contributed by atoms with van der Waals surface area (Å²) in [5.41, 5.74) is 1.55. The number of hydrogen-bond acceptors (Lipinski definition) is 3. The summed E-state index contributed by atoms with van der Waals surface area (Å²) in [6.45, 7) is 3.75. The maximum Gasteiger partial charge on any atom is 0.345 e. The first-order chi connectivity index (χ1) is 9.27. The van der Waals surface area contributed by atoms with Crippen molar-refractivity contribution in [2.24, 2.45) is 0 Å². The molecule has 0 N–H and O–H groups in total. The minimum atomic E-state index is -0.624. The molecule has 2 aromatic carbocycles. The Bertz CT molecular complexity index is 518. The van der Waals surface area contributed by atoms with Crippen LogP contribution in [0.15, 0.2) is 67.2 Å². The van der Waals surface area contributed by atoms with Crippen molar-refractivity contribution in [3.8, 4) is 0 Å². The van der Waals surface area contributed by atoms with Crippen LogP contribution in [0.4, 0.5) is 0 Å². The van der Waals surface area contributed by atoms with Crippen LogP contribution in [-0.2, 0) is 9.53 Å². The Labute approximate surface area is 112 Å². The van der Waals surface area contributed by atoms with Crippen LogP contribution in [0.5, 0.6) is 0 Å². The molecule has 0 saturated carbocycles. The van der Waals surface area contributed by atoms with Crippen LogP contribution in [0.1, 0.15) is 15.9 Å². The molecule has 0 fully saturated rings. The quantitative estimate of drug-likeness (QED) is 0.479. The Kier molecular flexibility index (Phi) is 6.37. The lowest BCUT2D eigenvalue weighted by molar-refractivity contribution is -0.123. The van der Waals surface area contributed by atoms with Gasteiger partial charge in [0.25, 0.3) is 0 Å². The summed E-state index contributed by atoms with van der Waals surface area (Å²) in [4.78, 5) is 20.5. The van der Waals surface area contributed by atoms with E-state index in [1.54, 1.807) is 30.3 Å². The highest BCUT2D eigenvalue weighted by atomic mass is 16.6. The van der Waals surface area contributed by atoms with E-state index < -0.39 is 5.97 Å². The number of hydrogen-bond donors (Lipinski definition) is 0. The van der Waals surface area contributed by atoms with Crippen LogP contribution in [0.2, 0.25) is 0 Å². The van der Waals surface area contributed by atoms with E-state index in [4.69, 9.17) is 0 Å². The van der Waals surface area contributed by atoms with E-state index in [2.05, 4.69) is 11.3 Å². The molecule has 0 heterocycles. The second-order valence-electron chi connectivity index (χ2n) is 3.48. The minimum Gasteiger partial charge on any atom is -0.392 e. The second-order valence-corrected chi connectivity index (χ2v) is 3.48. The summed E-state index contributed by atoms with van der Waals surface area (Å²) in [6.07, 6.45) is 1.83. The van der Waals surface area contributed by atoms with Gasteiger partial charge in [0.2, 0.25) is 0 Å². The summed E-state index contributed by atoms with van der Waals surface area (Å²) in [5, 5.41) is 0. The molecule has 19 heavy (non-hydrogen) atoms. The third kappa shape index (κ3) is 5.46. The SMILES string of the molecule is C=Cc1ccccc1.O=COC(=O)c1ccccc1. The number of rotatable bonds is 3. The van der Waals surface area contributed by atoms with Crippen LogP contribution in [0.25, 0.3) is 6.08 Å². The Morgan fingerprint density at radius 2 is 1.47 bits per heavy atom. The predicted molar refractivity (Wildman–Crippen MR) is 74.5 cm³/mol. The molecule has 3 heteroatoms. The highest BCUT2D eigenvalue weighted by Gasteiger charge is 2.03. The zero-order chi connectivity index (χ0) is 13.9. The van der Waals surface area contributed by atoms with Gasteiger partial charge in [-0.2, -0.15) is 0 Å². The number of esters is 1. The molecule has 0 unspecified atom stereocenters. The molecule has 0 radical (unpaired) electrons. The largest absolute Gasteiger partial charge is 0.392 e. The zero-order valence-corrected chi connectivity index (χ0v) is 10.4. The molecule has 0 atom stereocenters. The van der Waals surface area contributed by atoms with Crippen LogP contribution < -0.4 is 0 Å². The molecule has 3 nitrogen and oxygen atoms in total. The van der Waals surface area contributed by atoms with Gasteiger partial charge < -0.3 is 4.74 Å². The van der Waals surface area contributed by atoms with E-state index in [0.29, 0.717) is 5.56 Å². The van der Waals surface area contributed by atoms with Crippen LogP contribution in [0, 0.1) is 0 Å². The molecule has 0 saturated heterocycles. The topological polar surface area (TPSA) is 43.4 Å². The zero-order valence-electron chi connectivity index (χ0n) is 10.4. The van der Waals surface area contributed by atoms with Crippen molar-refractivity contribution in [2.75, 3.05) is 0 Å². The van der Waals surface area contributed by atoms with Crippen molar-refractivity contribution >= 4 is 18.5 Å². The summed E-state index contributed by atoms with van der Waals surface area (Å²) in [7, 11) is 0. The highest BCUT2D eigenvalue weighted by Crippen LogP contribution is 1.99. The van der Waals surface area contributed by atoms with E-state index in [1.807, 2.05) is 36.4 Å². The summed E-state index contributed by atoms with van der Waals surface area (Å²) in [5.74, 6) is -0.624. The van der Waals surface area contributed by atoms with E-state index in [0.717, 1.165) is 0 Å². The molecule has 0 aliphatic carbocycles. The molecule has 96 valence electrons. The molecule has 0 bridgehead atoms. The molecule has 0 amide bonds. The number of ether oxygens (including phenoxy) is 1. The van der Waals surface area contributed by atoms with Crippen LogP contribution in [-0.4, -0.2) is 12.4 Å². The maximum absolute atomic E-state index is 10.8. The number of carbonyl (C=O) groups is 2. The fourth-order valence-corrected chi connectivity index (χ4v) is 1.28. The molecular weight excluding hydrogens is 240 g/mol. The Morgan fingerprint density at radius 1 is 0.947 bits per heavy atom. The van der Waals surface area contributed by atoms with Gasteiger partial charge in [0, 0.05) is 0 Å². The van der Waals surface area contributed by atoms with E-state index >= 15 is 0 Å². The molecule has 0 spiro atoms. The second kappa shape index (κ2) is 8.42. The number of carbonyl (C=O) groups excluding carboxylic acids is 2. The van der Waals surface area contributed by atoms with Crippen molar-refractivity contribution in [1.82, 2.24) is 0 Å². The van der Waals surface area contributed by atoms with Gasteiger partial charge in [-0.05, 0) is 17.7 Å². The number of benzene rings is 2. The Hall–Kier alpha value is -2.68. The first-order valence-corrected chi connectivity index (χ1v) is 5.65. The van der Waals surface area contributed by atoms with Gasteiger partial charge in [0.15, 0.2) is 0 Å². The lowest BCUT2D eigenvalue weighted by atomic mass is 10.2. The Balaban J connectivity index is 0.000000200. The minimum absolute atomic E-state index is 0.120. The van der Waals surface area contributed by atoms with Crippen molar-refractivity contribution in [3.05, 3.63) is 78.4 Å². The monoisotopic (exact) mass is 254 g/mol. The molecule has 0 aromatic heterocycles. The molecule has 0 aliphatic heterocycles.